The number of piperidine rings is 1. The Morgan fingerprint density at radius 2 is 1.83 bits per heavy atom. The summed E-state index contributed by atoms with van der Waals surface area (Å²) in [5.41, 5.74) is -0.0321. The number of rotatable bonds is 1. The summed E-state index contributed by atoms with van der Waals surface area (Å²) in [5, 5.41) is 0.715. The van der Waals surface area contributed by atoms with Gasteiger partial charge < -0.3 is 9.32 Å². The van der Waals surface area contributed by atoms with E-state index >= 15 is 0 Å². The van der Waals surface area contributed by atoms with Gasteiger partial charge in [0.25, 0.3) is 5.91 Å². The van der Waals surface area contributed by atoms with Crippen molar-refractivity contribution >= 4 is 48.7 Å². The molecule has 122 valence electrons. The number of nitrogens with zero attached hydrogens (tertiary/aromatic N) is 1. The molecule has 1 aliphatic heterocycles. The molecule has 0 bridgehead atoms. The second-order valence-corrected chi connectivity index (χ2v) is 8.18. The Hall–Kier alpha value is -1.14. The highest BCUT2D eigenvalue weighted by Crippen LogP contribution is 2.29. The molecule has 0 N–H and O–H groups in total. The van der Waals surface area contributed by atoms with Gasteiger partial charge in [-0.05, 0) is 52.4 Å². The fourth-order valence-electron chi connectivity index (χ4n) is 3.31. The maximum Gasteiger partial charge on any atom is 0.349 e. The molecular weight excluding hydrogens is 426 g/mol. The molecule has 3 rings (SSSR count). The fourth-order valence-corrected chi connectivity index (χ4v) is 4.64. The van der Waals surface area contributed by atoms with Crippen LogP contribution in [-0.2, 0) is 0 Å². The van der Waals surface area contributed by atoms with Crippen LogP contribution in [0.25, 0.3) is 11.0 Å². The molecule has 0 saturated carbocycles. The Bertz CT molecular complexity index is 820. The molecule has 2 aromatic rings. The van der Waals surface area contributed by atoms with Crippen LogP contribution in [-0.4, -0.2) is 23.9 Å². The predicted octanol–water partition coefficient (Wildman–Crippen LogP) is 4.44. The minimum Gasteiger partial charge on any atom is -0.421 e. The van der Waals surface area contributed by atoms with Crippen molar-refractivity contribution in [3.8, 4) is 0 Å². The zero-order valence-corrected chi connectivity index (χ0v) is 16.1. The highest BCUT2D eigenvalue weighted by molar-refractivity contribution is 9.11. The second kappa shape index (κ2) is 6.40. The van der Waals surface area contributed by atoms with E-state index in [0.717, 1.165) is 10.9 Å². The number of amides is 1. The summed E-state index contributed by atoms with van der Waals surface area (Å²) in [5.74, 6) is 0.645. The lowest BCUT2D eigenvalue weighted by Crippen LogP contribution is -2.43. The van der Waals surface area contributed by atoms with Crippen LogP contribution in [0.5, 0.6) is 0 Å². The normalized spacial score (nSPS) is 21.7. The van der Waals surface area contributed by atoms with Crippen molar-refractivity contribution in [2.75, 3.05) is 13.1 Å². The third-order valence-corrected chi connectivity index (χ3v) is 5.18. The van der Waals surface area contributed by atoms with Crippen molar-refractivity contribution in [1.82, 2.24) is 4.90 Å². The van der Waals surface area contributed by atoms with E-state index in [1.807, 2.05) is 6.07 Å². The van der Waals surface area contributed by atoms with Gasteiger partial charge in [-0.3, -0.25) is 4.79 Å². The quantitative estimate of drug-likeness (QED) is 0.613. The Morgan fingerprint density at radius 1 is 1.17 bits per heavy atom. The minimum absolute atomic E-state index is 0.101. The highest BCUT2D eigenvalue weighted by Gasteiger charge is 2.28. The van der Waals surface area contributed by atoms with Gasteiger partial charge in [-0.25, -0.2) is 4.79 Å². The zero-order chi connectivity index (χ0) is 16.7. The number of carbonyl (C=O) groups is 1. The third-order valence-electron chi connectivity index (χ3n) is 4.14. The lowest BCUT2D eigenvalue weighted by molar-refractivity contribution is 0.0619. The van der Waals surface area contributed by atoms with E-state index in [4.69, 9.17) is 4.42 Å². The lowest BCUT2D eigenvalue weighted by Gasteiger charge is -2.34. The summed E-state index contributed by atoms with van der Waals surface area (Å²) in [6.45, 7) is 5.63. The van der Waals surface area contributed by atoms with Crippen molar-refractivity contribution in [3.05, 3.63) is 43.1 Å². The van der Waals surface area contributed by atoms with Crippen LogP contribution in [0.3, 0.4) is 0 Å². The van der Waals surface area contributed by atoms with Crippen LogP contribution in [0, 0.1) is 11.8 Å². The van der Waals surface area contributed by atoms with E-state index in [9.17, 15) is 9.59 Å². The summed E-state index contributed by atoms with van der Waals surface area (Å²) in [7, 11) is 0. The molecule has 0 aliphatic carbocycles. The monoisotopic (exact) mass is 441 g/mol. The SMILES string of the molecule is C[C@H]1C[C@H](C)CN(C(=O)c2cc3cc(Br)cc(Br)c3oc2=O)C1. The Kier molecular flexibility index (Phi) is 4.65. The first-order valence-corrected chi connectivity index (χ1v) is 9.16. The molecule has 6 heteroatoms. The molecule has 1 fully saturated rings. The van der Waals surface area contributed by atoms with Gasteiger partial charge >= 0.3 is 5.63 Å². The molecule has 1 aromatic carbocycles. The maximum absolute atomic E-state index is 12.8. The molecule has 4 nitrogen and oxygen atoms in total. The molecule has 1 saturated heterocycles. The molecule has 0 spiro atoms. The van der Waals surface area contributed by atoms with Crippen LogP contribution >= 0.6 is 31.9 Å². The number of halogens is 2. The molecule has 1 amide bonds. The smallest absolute Gasteiger partial charge is 0.349 e. The van der Waals surface area contributed by atoms with Gasteiger partial charge in [0.1, 0.15) is 5.56 Å². The van der Waals surface area contributed by atoms with Gasteiger partial charge in [-0.2, -0.15) is 0 Å². The zero-order valence-electron chi connectivity index (χ0n) is 12.9. The minimum atomic E-state index is -0.587. The van der Waals surface area contributed by atoms with Gasteiger partial charge in [-0.15, -0.1) is 0 Å². The van der Waals surface area contributed by atoms with Crippen LogP contribution < -0.4 is 5.63 Å². The second-order valence-electron chi connectivity index (χ2n) is 6.41. The molecule has 23 heavy (non-hydrogen) atoms. The van der Waals surface area contributed by atoms with E-state index in [2.05, 4.69) is 45.7 Å². The van der Waals surface area contributed by atoms with E-state index in [1.54, 1.807) is 17.0 Å². The summed E-state index contributed by atoms with van der Waals surface area (Å²) < 4.78 is 6.90. The number of carbonyl (C=O) groups excluding carboxylic acids is 1. The van der Waals surface area contributed by atoms with Crippen molar-refractivity contribution in [3.63, 3.8) is 0 Å². The van der Waals surface area contributed by atoms with Crippen molar-refractivity contribution in [2.24, 2.45) is 11.8 Å². The Balaban J connectivity index is 2.04. The van der Waals surface area contributed by atoms with E-state index in [0.29, 0.717) is 40.4 Å². The van der Waals surface area contributed by atoms with E-state index < -0.39 is 5.63 Å². The molecule has 1 aromatic heterocycles. The molecule has 2 atom stereocenters. The molecule has 2 heterocycles. The fraction of sp³-hybridized carbons (Fsp3) is 0.412. The molecule has 0 unspecified atom stereocenters. The van der Waals surface area contributed by atoms with E-state index in [-0.39, 0.29) is 11.5 Å². The Labute approximate surface area is 151 Å². The molecule has 1 aliphatic rings. The van der Waals surface area contributed by atoms with Crippen LogP contribution in [0.4, 0.5) is 0 Å². The summed E-state index contributed by atoms with van der Waals surface area (Å²) in [4.78, 5) is 26.8. The Morgan fingerprint density at radius 3 is 2.48 bits per heavy atom. The first kappa shape index (κ1) is 16.7. The number of fused-ring (bicyclic) bond motifs is 1. The van der Waals surface area contributed by atoms with E-state index in [1.165, 1.54) is 0 Å². The largest absolute Gasteiger partial charge is 0.421 e. The number of benzene rings is 1. The average molecular weight is 443 g/mol. The predicted molar refractivity (Wildman–Crippen MR) is 96.7 cm³/mol. The molecular formula is C17H17Br2NO3. The number of likely N-dealkylation sites (tertiary alicyclic amines) is 1. The topological polar surface area (TPSA) is 50.5 Å². The van der Waals surface area contributed by atoms with Gasteiger partial charge in [-0.1, -0.05) is 29.8 Å². The first-order chi connectivity index (χ1) is 10.8. The first-order valence-electron chi connectivity index (χ1n) is 7.57. The summed E-state index contributed by atoms with van der Waals surface area (Å²) in [6.07, 6.45) is 1.11. The summed E-state index contributed by atoms with van der Waals surface area (Å²) in [6, 6.07) is 5.27. The van der Waals surface area contributed by atoms with Crippen LogP contribution in [0.2, 0.25) is 0 Å². The average Bonchev–Trinajstić information content (AvgIpc) is 2.46. The standard InChI is InChI=1S/C17H17Br2NO3/c1-9-3-10(2)8-20(7-9)16(21)13-5-11-4-12(18)6-14(19)15(11)23-17(13)22/h4-6,9-10H,3,7-8H2,1-2H3/t9-,10-/m0/s1. The van der Waals surface area contributed by atoms with Crippen LogP contribution in [0.15, 0.2) is 36.4 Å². The molecule has 0 radical (unpaired) electrons. The lowest BCUT2D eigenvalue weighted by atomic mass is 9.91. The maximum atomic E-state index is 12.8. The number of hydrogen-bond acceptors (Lipinski definition) is 3. The summed E-state index contributed by atoms with van der Waals surface area (Å²) >= 11 is 6.79. The van der Waals surface area contributed by atoms with Crippen LogP contribution in [0.1, 0.15) is 30.6 Å². The van der Waals surface area contributed by atoms with Gasteiger partial charge in [0.2, 0.25) is 0 Å². The van der Waals surface area contributed by atoms with Gasteiger partial charge in [0.05, 0.1) is 4.47 Å². The van der Waals surface area contributed by atoms with Crippen molar-refractivity contribution in [1.29, 1.82) is 0 Å². The van der Waals surface area contributed by atoms with Crippen molar-refractivity contribution < 1.29 is 9.21 Å². The van der Waals surface area contributed by atoms with Gasteiger partial charge in [0, 0.05) is 22.9 Å². The third kappa shape index (κ3) is 3.38. The van der Waals surface area contributed by atoms with Gasteiger partial charge in [0.15, 0.2) is 5.58 Å². The van der Waals surface area contributed by atoms with Crippen molar-refractivity contribution in [2.45, 2.75) is 20.3 Å². The number of hydrogen-bond donors (Lipinski definition) is 0. The highest BCUT2D eigenvalue weighted by atomic mass is 79.9.